The van der Waals surface area contributed by atoms with Gasteiger partial charge in [0, 0.05) is 50.4 Å². The Hall–Kier alpha value is -2.58. The first-order valence-electron chi connectivity index (χ1n) is 10.1. The van der Waals surface area contributed by atoms with Crippen molar-refractivity contribution >= 4 is 5.65 Å². The van der Waals surface area contributed by atoms with E-state index in [1.165, 1.54) is 0 Å². The Morgan fingerprint density at radius 3 is 2.59 bits per heavy atom. The third-order valence-corrected chi connectivity index (χ3v) is 5.43. The van der Waals surface area contributed by atoms with Crippen LogP contribution in [0.25, 0.3) is 5.65 Å². The third kappa shape index (κ3) is 4.23. The Labute approximate surface area is 170 Å². The maximum Gasteiger partial charge on any atom is 0.258 e. The van der Waals surface area contributed by atoms with Crippen molar-refractivity contribution in [1.29, 1.82) is 0 Å². The van der Waals surface area contributed by atoms with E-state index in [1.807, 2.05) is 18.2 Å². The monoisotopic (exact) mass is 396 g/mol. The predicted molar refractivity (Wildman–Crippen MR) is 110 cm³/mol. The molecular weight excluding hydrogens is 368 g/mol. The molecule has 8 heteroatoms. The van der Waals surface area contributed by atoms with Crippen molar-refractivity contribution in [1.82, 2.24) is 29.3 Å². The van der Waals surface area contributed by atoms with E-state index in [4.69, 9.17) is 4.52 Å². The number of pyridine rings is 1. The number of fused-ring (bicyclic) bond motifs is 1. The molecule has 29 heavy (non-hydrogen) atoms. The molecule has 0 aromatic carbocycles. The van der Waals surface area contributed by atoms with Crippen molar-refractivity contribution in [2.24, 2.45) is 0 Å². The van der Waals surface area contributed by atoms with Crippen molar-refractivity contribution in [3.8, 4) is 0 Å². The van der Waals surface area contributed by atoms with E-state index in [2.05, 4.69) is 52.6 Å². The molecule has 154 valence electrons. The van der Waals surface area contributed by atoms with Gasteiger partial charge in [-0.2, -0.15) is 4.98 Å². The Bertz CT molecular complexity index is 1040. The number of piperazine rings is 1. The van der Waals surface area contributed by atoms with Crippen molar-refractivity contribution < 1.29 is 4.52 Å². The second-order valence-corrected chi connectivity index (χ2v) is 8.71. The topological polar surface area (TPSA) is 79.8 Å². The molecule has 1 fully saturated rings. The van der Waals surface area contributed by atoms with E-state index < -0.39 is 0 Å². The predicted octanol–water partition coefficient (Wildman–Crippen LogP) is 2.25. The SMILES string of the molecule is CC(c1nc(C(C)(C)C)no1)N1CCN(Cc2cc(=O)n3ccccc3n2)CC1. The minimum absolute atomic E-state index is 0.0381. The van der Waals surface area contributed by atoms with E-state index in [1.54, 1.807) is 16.7 Å². The molecule has 3 aromatic heterocycles. The van der Waals surface area contributed by atoms with Gasteiger partial charge >= 0.3 is 0 Å². The highest BCUT2D eigenvalue weighted by atomic mass is 16.5. The first-order valence-corrected chi connectivity index (χ1v) is 10.1. The highest BCUT2D eigenvalue weighted by Gasteiger charge is 2.28. The fourth-order valence-electron chi connectivity index (χ4n) is 3.59. The van der Waals surface area contributed by atoms with Gasteiger partial charge < -0.3 is 4.52 Å². The second-order valence-electron chi connectivity index (χ2n) is 8.71. The number of nitrogens with zero attached hydrogens (tertiary/aromatic N) is 6. The Morgan fingerprint density at radius 1 is 1.14 bits per heavy atom. The van der Waals surface area contributed by atoms with Crippen LogP contribution < -0.4 is 5.56 Å². The molecule has 1 aliphatic rings. The molecule has 0 saturated carbocycles. The molecule has 0 bridgehead atoms. The molecule has 0 aliphatic carbocycles. The van der Waals surface area contributed by atoms with Gasteiger partial charge in [-0.3, -0.25) is 19.0 Å². The van der Waals surface area contributed by atoms with Gasteiger partial charge in [0.2, 0.25) is 5.89 Å². The molecule has 8 nitrogen and oxygen atoms in total. The van der Waals surface area contributed by atoms with Crippen LogP contribution in [-0.2, 0) is 12.0 Å². The third-order valence-electron chi connectivity index (χ3n) is 5.43. The smallest absolute Gasteiger partial charge is 0.258 e. The zero-order chi connectivity index (χ0) is 20.6. The highest BCUT2D eigenvalue weighted by Crippen LogP contribution is 2.24. The van der Waals surface area contributed by atoms with Gasteiger partial charge in [-0.1, -0.05) is 32.0 Å². The summed E-state index contributed by atoms with van der Waals surface area (Å²) in [6.07, 6.45) is 1.75. The normalized spacial score (nSPS) is 17.7. The average molecular weight is 396 g/mol. The lowest BCUT2D eigenvalue weighted by atomic mass is 9.96. The van der Waals surface area contributed by atoms with Gasteiger partial charge in [-0.15, -0.1) is 0 Å². The molecule has 4 rings (SSSR count). The fourth-order valence-corrected chi connectivity index (χ4v) is 3.59. The van der Waals surface area contributed by atoms with Crippen LogP contribution in [-0.4, -0.2) is 55.5 Å². The zero-order valence-corrected chi connectivity index (χ0v) is 17.5. The van der Waals surface area contributed by atoms with Crippen LogP contribution in [0.2, 0.25) is 0 Å². The van der Waals surface area contributed by atoms with Gasteiger partial charge in [0.1, 0.15) is 5.65 Å². The van der Waals surface area contributed by atoms with Crippen molar-refractivity contribution in [3.63, 3.8) is 0 Å². The van der Waals surface area contributed by atoms with E-state index in [9.17, 15) is 4.79 Å². The van der Waals surface area contributed by atoms with Crippen LogP contribution in [0.5, 0.6) is 0 Å². The van der Waals surface area contributed by atoms with Crippen LogP contribution >= 0.6 is 0 Å². The molecule has 1 aliphatic heterocycles. The number of hydrogen-bond acceptors (Lipinski definition) is 7. The molecule has 0 N–H and O–H groups in total. The summed E-state index contributed by atoms with van der Waals surface area (Å²) in [5.41, 5.74) is 1.35. The van der Waals surface area contributed by atoms with E-state index in [0.717, 1.165) is 37.7 Å². The Morgan fingerprint density at radius 2 is 1.90 bits per heavy atom. The number of aromatic nitrogens is 4. The molecule has 1 saturated heterocycles. The van der Waals surface area contributed by atoms with Crippen LogP contribution in [0.4, 0.5) is 0 Å². The summed E-state index contributed by atoms with van der Waals surface area (Å²) in [5.74, 6) is 1.42. The van der Waals surface area contributed by atoms with Gasteiger partial charge in [-0.05, 0) is 19.1 Å². The summed E-state index contributed by atoms with van der Waals surface area (Å²) in [6.45, 7) is 12.6. The first-order chi connectivity index (χ1) is 13.8. The van der Waals surface area contributed by atoms with E-state index in [-0.39, 0.29) is 17.0 Å². The molecule has 1 unspecified atom stereocenters. The summed E-state index contributed by atoms with van der Waals surface area (Å²) in [6, 6.07) is 7.32. The Balaban J connectivity index is 1.38. The average Bonchev–Trinajstić information content (AvgIpc) is 3.19. The van der Waals surface area contributed by atoms with Gasteiger partial charge in [0.05, 0.1) is 11.7 Å². The standard InChI is InChI=1S/C21H28N6O2/c1-15(19-23-20(24-29-19)21(2,3)4)26-11-9-25(10-12-26)14-16-13-18(28)27-8-6-5-7-17(27)22-16/h5-8,13,15H,9-12,14H2,1-4H3. The lowest BCUT2D eigenvalue weighted by Gasteiger charge is -2.36. The summed E-state index contributed by atoms with van der Waals surface area (Å²) in [5, 5.41) is 4.14. The minimum Gasteiger partial charge on any atom is -0.338 e. The molecule has 3 aromatic rings. The lowest BCUT2D eigenvalue weighted by Crippen LogP contribution is -2.46. The van der Waals surface area contributed by atoms with Gasteiger partial charge in [0.25, 0.3) is 5.56 Å². The Kier molecular flexibility index (Phi) is 5.23. The quantitative estimate of drug-likeness (QED) is 0.669. The molecule has 1 atom stereocenters. The van der Waals surface area contributed by atoms with Gasteiger partial charge in [0.15, 0.2) is 5.82 Å². The van der Waals surface area contributed by atoms with Crippen LogP contribution in [0, 0.1) is 0 Å². The zero-order valence-electron chi connectivity index (χ0n) is 17.5. The molecule has 0 amide bonds. The van der Waals surface area contributed by atoms with Gasteiger partial charge in [-0.25, -0.2) is 4.98 Å². The van der Waals surface area contributed by atoms with E-state index in [0.29, 0.717) is 18.1 Å². The molecule has 0 spiro atoms. The summed E-state index contributed by atoms with van der Waals surface area (Å²) in [4.78, 5) is 26.2. The van der Waals surface area contributed by atoms with Crippen LogP contribution in [0.15, 0.2) is 39.8 Å². The molecule has 0 radical (unpaired) electrons. The summed E-state index contributed by atoms with van der Waals surface area (Å²) in [7, 11) is 0. The van der Waals surface area contributed by atoms with Crippen molar-refractivity contribution in [2.75, 3.05) is 26.2 Å². The van der Waals surface area contributed by atoms with Crippen molar-refractivity contribution in [3.05, 3.63) is 58.2 Å². The second kappa shape index (κ2) is 7.68. The fraction of sp³-hybridized carbons (Fsp3) is 0.524. The number of hydrogen-bond donors (Lipinski definition) is 0. The number of rotatable bonds is 4. The van der Waals surface area contributed by atoms with Crippen LogP contribution in [0.3, 0.4) is 0 Å². The van der Waals surface area contributed by atoms with Crippen LogP contribution in [0.1, 0.15) is 51.1 Å². The maximum absolute atomic E-state index is 12.3. The minimum atomic E-state index is -0.119. The highest BCUT2D eigenvalue weighted by molar-refractivity contribution is 5.37. The molecule has 4 heterocycles. The first kappa shape index (κ1) is 19.7. The lowest BCUT2D eigenvalue weighted by molar-refractivity contribution is 0.0838. The summed E-state index contributed by atoms with van der Waals surface area (Å²) >= 11 is 0. The maximum atomic E-state index is 12.3. The summed E-state index contributed by atoms with van der Waals surface area (Å²) < 4.78 is 7.09. The largest absolute Gasteiger partial charge is 0.338 e. The molecular formula is C21H28N6O2. The van der Waals surface area contributed by atoms with E-state index >= 15 is 0 Å². The van der Waals surface area contributed by atoms with Crippen molar-refractivity contribution in [2.45, 2.75) is 45.7 Å².